The molecule has 44 valence electrons. The summed E-state index contributed by atoms with van der Waals surface area (Å²) in [7, 11) is 0. The summed E-state index contributed by atoms with van der Waals surface area (Å²) >= 11 is 4.97. The van der Waals surface area contributed by atoms with Crippen molar-refractivity contribution in [2.45, 2.75) is 5.38 Å². The first-order valence-corrected chi connectivity index (χ1v) is 2.24. The highest BCUT2D eigenvalue weighted by Gasteiger charge is 2.10. The molecule has 0 aliphatic heterocycles. The molecule has 0 spiro atoms. The molecule has 0 aliphatic rings. The predicted octanol–water partition coefficient (Wildman–Crippen LogP) is -0.439. The van der Waals surface area contributed by atoms with Gasteiger partial charge in [-0.05, 0) is 0 Å². The highest BCUT2D eigenvalue weighted by molar-refractivity contribution is 6.49. The van der Waals surface area contributed by atoms with Gasteiger partial charge in [0.15, 0.2) is 11.7 Å². The molecule has 0 aromatic heterocycles. The van der Waals surface area contributed by atoms with Crippen LogP contribution in [-0.4, -0.2) is 23.7 Å². The van der Waals surface area contributed by atoms with Gasteiger partial charge in [-0.25, -0.2) is 0 Å². The number of halogens is 1. The van der Waals surface area contributed by atoms with Gasteiger partial charge in [0.05, 0.1) is 0 Å². The minimum atomic E-state index is -1.30. The van der Waals surface area contributed by atoms with Gasteiger partial charge in [0.1, 0.15) is 6.29 Å². The minimum absolute atomic E-state index is 0.0199. The molecule has 0 bridgehead atoms. The Morgan fingerprint density at radius 3 is 2.12 bits per heavy atom. The van der Waals surface area contributed by atoms with Crippen molar-refractivity contribution < 1.29 is 14.4 Å². The van der Waals surface area contributed by atoms with Crippen molar-refractivity contribution >= 4 is 30.0 Å². The molecule has 0 aliphatic carbocycles. The number of carbonyl (C=O) groups excluding carboxylic acids is 3. The van der Waals surface area contributed by atoms with E-state index in [1.54, 1.807) is 0 Å². The SMILES string of the molecule is O=CC(=O)C(Cl)C=O. The topological polar surface area (TPSA) is 51.2 Å². The molecule has 0 amide bonds. The minimum Gasteiger partial charge on any atom is -0.301 e. The van der Waals surface area contributed by atoms with Crippen molar-refractivity contribution in [3.05, 3.63) is 0 Å². The van der Waals surface area contributed by atoms with Gasteiger partial charge in [-0.1, -0.05) is 0 Å². The van der Waals surface area contributed by atoms with Crippen molar-refractivity contribution in [3.8, 4) is 0 Å². The van der Waals surface area contributed by atoms with Gasteiger partial charge in [-0.2, -0.15) is 0 Å². The molecule has 0 aromatic carbocycles. The molecule has 3 nitrogen and oxygen atoms in total. The van der Waals surface area contributed by atoms with Crippen LogP contribution in [0.2, 0.25) is 0 Å². The molecule has 0 fully saturated rings. The summed E-state index contributed by atoms with van der Waals surface area (Å²) in [5, 5.41) is -1.30. The van der Waals surface area contributed by atoms with Gasteiger partial charge in [-0.3, -0.25) is 9.59 Å². The van der Waals surface area contributed by atoms with Gasteiger partial charge in [-0.15, -0.1) is 11.6 Å². The molecule has 0 rings (SSSR count). The summed E-state index contributed by atoms with van der Waals surface area (Å²) in [6.45, 7) is 0. The number of hydrogen-bond acceptors (Lipinski definition) is 3. The Hall–Kier alpha value is -0.700. The number of rotatable bonds is 3. The summed E-state index contributed by atoms with van der Waals surface area (Å²) < 4.78 is 0. The van der Waals surface area contributed by atoms with Crippen LogP contribution >= 0.6 is 11.6 Å². The van der Waals surface area contributed by atoms with E-state index in [4.69, 9.17) is 11.6 Å². The third kappa shape index (κ3) is 1.84. The van der Waals surface area contributed by atoms with Gasteiger partial charge in [0, 0.05) is 0 Å². The summed E-state index contributed by atoms with van der Waals surface area (Å²) in [6.07, 6.45) is 0.227. The zero-order chi connectivity index (χ0) is 6.57. The van der Waals surface area contributed by atoms with Crippen molar-refractivity contribution in [2.75, 3.05) is 0 Å². The average Bonchev–Trinajstić information content (AvgIpc) is 1.84. The molecular formula is C4H3ClO3. The molecule has 0 saturated heterocycles. The molecule has 1 unspecified atom stereocenters. The first-order valence-electron chi connectivity index (χ1n) is 1.80. The van der Waals surface area contributed by atoms with E-state index in [2.05, 4.69) is 0 Å². The average molecular weight is 135 g/mol. The Kier molecular flexibility index (Phi) is 3.03. The Balaban J connectivity index is 3.80. The zero-order valence-electron chi connectivity index (χ0n) is 3.83. The molecule has 0 radical (unpaired) electrons. The standard InChI is InChI=1S/C4H3ClO3/c5-3(1-6)4(8)2-7/h1-3H. The zero-order valence-corrected chi connectivity index (χ0v) is 4.59. The van der Waals surface area contributed by atoms with Crippen LogP contribution in [0.5, 0.6) is 0 Å². The van der Waals surface area contributed by atoms with Gasteiger partial charge in [0.25, 0.3) is 0 Å². The van der Waals surface area contributed by atoms with Crippen molar-refractivity contribution in [1.29, 1.82) is 0 Å². The number of carbonyl (C=O) groups is 3. The smallest absolute Gasteiger partial charge is 0.220 e. The maximum absolute atomic E-state index is 10.0. The fourth-order valence-corrected chi connectivity index (χ4v) is 0.183. The molecular weight excluding hydrogens is 131 g/mol. The lowest BCUT2D eigenvalue weighted by molar-refractivity contribution is -0.130. The van der Waals surface area contributed by atoms with E-state index < -0.39 is 11.2 Å². The number of Topliss-reactive ketones (excluding diaryl/α,β-unsaturated/α-hetero) is 1. The first kappa shape index (κ1) is 7.30. The maximum Gasteiger partial charge on any atom is 0.220 e. The monoisotopic (exact) mass is 134 g/mol. The summed E-state index contributed by atoms with van der Waals surface area (Å²) in [5.41, 5.74) is 0. The van der Waals surface area contributed by atoms with Crippen LogP contribution in [0.3, 0.4) is 0 Å². The highest BCUT2D eigenvalue weighted by Crippen LogP contribution is 1.88. The van der Waals surface area contributed by atoms with Crippen molar-refractivity contribution in [3.63, 3.8) is 0 Å². The third-order valence-corrected chi connectivity index (χ3v) is 0.825. The molecule has 1 atom stereocenters. The highest BCUT2D eigenvalue weighted by atomic mass is 35.5. The van der Waals surface area contributed by atoms with E-state index in [9.17, 15) is 14.4 Å². The Labute approximate surface area is 50.6 Å². The van der Waals surface area contributed by atoms with Gasteiger partial charge >= 0.3 is 0 Å². The number of hydrogen-bond donors (Lipinski definition) is 0. The van der Waals surface area contributed by atoms with E-state index in [1.807, 2.05) is 0 Å². The van der Waals surface area contributed by atoms with E-state index >= 15 is 0 Å². The van der Waals surface area contributed by atoms with Crippen LogP contribution in [0.4, 0.5) is 0 Å². The van der Waals surface area contributed by atoms with E-state index in [0.29, 0.717) is 0 Å². The normalized spacial score (nSPS) is 12.1. The summed E-state index contributed by atoms with van der Waals surface area (Å²) in [4.78, 5) is 29.1. The lowest BCUT2D eigenvalue weighted by Crippen LogP contribution is -2.16. The molecule has 0 saturated carbocycles. The summed E-state index contributed by atoms with van der Waals surface area (Å²) in [6, 6.07) is 0. The van der Waals surface area contributed by atoms with Gasteiger partial charge < -0.3 is 4.79 Å². The van der Waals surface area contributed by atoms with Crippen LogP contribution in [0.15, 0.2) is 0 Å². The second-order valence-electron chi connectivity index (χ2n) is 1.06. The quantitative estimate of drug-likeness (QED) is 0.228. The molecule has 0 aromatic rings. The van der Waals surface area contributed by atoms with Gasteiger partial charge in [0.2, 0.25) is 5.78 Å². The molecule has 0 heterocycles. The number of aldehydes is 2. The summed E-state index contributed by atoms with van der Waals surface area (Å²) in [5.74, 6) is -0.901. The van der Waals surface area contributed by atoms with E-state index in [-0.39, 0.29) is 12.6 Å². The van der Waals surface area contributed by atoms with Crippen LogP contribution < -0.4 is 0 Å². The maximum atomic E-state index is 10.0. The Morgan fingerprint density at radius 2 is 2.00 bits per heavy atom. The lowest BCUT2D eigenvalue weighted by Gasteiger charge is -1.86. The van der Waals surface area contributed by atoms with Crippen LogP contribution in [-0.2, 0) is 14.4 Å². The third-order valence-electron chi connectivity index (χ3n) is 0.507. The Bertz CT molecular complexity index is 120. The lowest BCUT2D eigenvalue weighted by atomic mass is 10.3. The van der Waals surface area contributed by atoms with Crippen LogP contribution in [0.25, 0.3) is 0 Å². The first-order chi connectivity index (χ1) is 3.72. The molecule has 0 N–H and O–H groups in total. The second-order valence-corrected chi connectivity index (χ2v) is 1.53. The fourth-order valence-electron chi connectivity index (χ4n) is 0.132. The number of alkyl halides is 1. The second kappa shape index (κ2) is 3.32. The van der Waals surface area contributed by atoms with E-state index in [1.165, 1.54) is 0 Å². The van der Waals surface area contributed by atoms with Crippen molar-refractivity contribution in [2.24, 2.45) is 0 Å². The van der Waals surface area contributed by atoms with Crippen molar-refractivity contribution in [1.82, 2.24) is 0 Å². The fraction of sp³-hybridized carbons (Fsp3) is 0.250. The largest absolute Gasteiger partial charge is 0.301 e. The van der Waals surface area contributed by atoms with Crippen LogP contribution in [0, 0.1) is 0 Å². The predicted molar refractivity (Wildman–Crippen MR) is 26.8 cm³/mol. The molecule has 4 heteroatoms. The molecule has 8 heavy (non-hydrogen) atoms. The van der Waals surface area contributed by atoms with Crippen LogP contribution in [0.1, 0.15) is 0 Å². The Morgan fingerprint density at radius 1 is 1.50 bits per heavy atom. The number of ketones is 1. The van der Waals surface area contributed by atoms with E-state index in [0.717, 1.165) is 0 Å².